The molecule has 1 amide bonds. The first-order valence-electron chi connectivity index (χ1n) is 7.59. The third-order valence-corrected chi connectivity index (χ3v) is 3.80. The normalized spacial score (nSPS) is 15.3. The third kappa shape index (κ3) is 4.60. The van der Waals surface area contributed by atoms with Gasteiger partial charge in [-0.15, -0.1) is 0 Å². The van der Waals surface area contributed by atoms with Crippen LogP contribution in [0.1, 0.15) is 40.0 Å². The monoisotopic (exact) mass is 300 g/mol. The van der Waals surface area contributed by atoms with Gasteiger partial charge in [-0.25, -0.2) is 4.79 Å². The average molecular weight is 300 g/mol. The van der Waals surface area contributed by atoms with Crippen molar-refractivity contribution in [1.82, 2.24) is 10.2 Å². The molecule has 0 saturated carbocycles. The molecule has 1 saturated heterocycles. The topological polar surface area (TPSA) is 58.6 Å². The van der Waals surface area contributed by atoms with Crippen LogP contribution >= 0.6 is 0 Å². The number of carbonyl (C=O) groups excluding carboxylic acids is 2. The first kappa shape index (κ1) is 16.6. The van der Waals surface area contributed by atoms with Crippen LogP contribution in [0.3, 0.4) is 0 Å². The zero-order chi connectivity index (χ0) is 15.9. The number of rotatable bonds is 5. The van der Waals surface area contributed by atoms with Crippen molar-refractivity contribution in [1.29, 1.82) is 0 Å². The molecule has 0 aliphatic carbocycles. The number of amides is 1. The van der Waals surface area contributed by atoms with Crippen LogP contribution in [-0.4, -0.2) is 57.9 Å². The molecule has 6 heteroatoms. The fourth-order valence-corrected chi connectivity index (χ4v) is 2.63. The fourth-order valence-electron chi connectivity index (χ4n) is 2.63. The summed E-state index contributed by atoms with van der Waals surface area (Å²) in [5.41, 5.74) is 1.02. The molecule has 2 radical (unpaired) electrons. The maximum Gasteiger partial charge on any atom is 0.337 e. The Bertz CT molecular complexity index is 542. The van der Waals surface area contributed by atoms with Gasteiger partial charge in [0.15, 0.2) is 0 Å². The van der Waals surface area contributed by atoms with Crippen molar-refractivity contribution in [3.05, 3.63) is 29.3 Å². The van der Waals surface area contributed by atoms with Gasteiger partial charge < -0.3 is 15.0 Å². The minimum atomic E-state index is -0.505. The highest BCUT2D eigenvalue weighted by molar-refractivity contribution is 6.33. The summed E-state index contributed by atoms with van der Waals surface area (Å²) >= 11 is 0. The lowest BCUT2D eigenvalue weighted by atomic mass is 9.92. The van der Waals surface area contributed by atoms with Gasteiger partial charge in [0.2, 0.25) is 0 Å². The number of methoxy groups -OCH3 is 1. The van der Waals surface area contributed by atoms with Gasteiger partial charge in [-0.3, -0.25) is 4.79 Å². The molecule has 1 aliphatic heterocycles. The molecule has 0 unspecified atom stereocenters. The highest BCUT2D eigenvalue weighted by Gasteiger charge is 2.13. The molecule has 1 heterocycles. The summed E-state index contributed by atoms with van der Waals surface area (Å²) in [6, 6.07) is 4.55. The molecule has 1 aromatic carbocycles. The summed E-state index contributed by atoms with van der Waals surface area (Å²) in [6.45, 7) is 3.63. The first-order valence-corrected chi connectivity index (χ1v) is 7.59. The van der Waals surface area contributed by atoms with Gasteiger partial charge >= 0.3 is 5.97 Å². The second-order valence-electron chi connectivity index (χ2n) is 5.49. The van der Waals surface area contributed by atoms with Gasteiger partial charge in [-0.1, -0.05) is 24.0 Å². The molecular formula is C16H21BN2O3. The minimum absolute atomic E-state index is 0.227. The second kappa shape index (κ2) is 7.99. The summed E-state index contributed by atoms with van der Waals surface area (Å²) < 4.78 is 4.65. The molecule has 1 aromatic rings. The molecule has 5 nitrogen and oxygen atoms in total. The van der Waals surface area contributed by atoms with E-state index in [1.165, 1.54) is 38.5 Å². The summed E-state index contributed by atoms with van der Waals surface area (Å²) in [5, 5.41) is 2.87. The number of ether oxygens (including phenoxy) is 1. The number of hydrogen-bond acceptors (Lipinski definition) is 4. The lowest BCUT2D eigenvalue weighted by Crippen LogP contribution is -2.37. The van der Waals surface area contributed by atoms with E-state index in [0.29, 0.717) is 17.6 Å². The Morgan fingerprint density at radius 1 is 1.18 bits per heavy atom. The zero-order valence-electron chi connectivity index (χ0n) is 12.9. The standard InChI is InChI=1S/C16H21BN2O3/c1-22-16(21)13-9-12(10-14(17)11-13)15(20)18-5-8-19-6-3-2-4-7-19/h9-11H,2-8H2,1H3,(H,18,20). The van der Waals surface area contributed by atoms with Crippen molar-refractivity contribution in [3.63, 3.8) is 0 Å². The third-order valence-electron chi connectivity index (χ3n) is 3.80. The van der Waals surface area contributed by atoms with E-state index in [1.54, 1.807) is 6.07 Å². The van der Waals surface area contributed by atoms with E-state index >= 15 is 0 Å². The van der Waals surface area contributed by atoms with E-state index < -0.39 is 5.97 Å². The van der Waals surface area contributed by atoms with Gasteiger partial charge in [0.05, 0.1) is 12.7 Å². The largest absolute Gasteiger partial charge is 0.465 e. The Balaban J connectivity index is 1.91. The number of nitrogens with zero attached hydrogens (tertiary/aromatic N) is 1. The van der Waals surface area contributed by atoms with Crippen molar-refractivity contribution in [2.45, 2.75) is 19.3 Å². The first-order chi connectivity index (χ1) is 10.6. The maximum absolute atomic E-state index is 12.2. The number of hydrogen-bond donors (Lipinski definition) is 1. The van der Waals surface area contributed by atoms with Crippen LogP contribution in [-0.2, 0) is 4.74 Å². The van der Waals surface area contributed by atoms with Crippen LogP contribution in [0.15, 0.2) is 18.2 Å². The highest BCUT2D eigenvalue weighted by Crippen LogP contribution is 2.08. The fraction of sp³-hybridized carbons (Fsp3) is 0.500. The molecule has 1 aliphatic rings. The molecular weight excluding hydrogens is 279 g/mol. The van der Waals surface area contributed by atoms with E-state index in [2.05, 4.69) is 15.0 Å². The number of carbonyl (C=O) groups is 2. The Hall–Kier alpha value is -1.82. The van der Waals surface area contributed by atoms with Gasteiger partial charge in [0.25, 0.3) is 5.91 Å². The van der Waals surface area contributed by atoms with Crippen LogP contribution < -0.4 is 10.8 Å². The number of nitrogens with one attached hydrogen (secondary N) is 1. The maximum atomic E-state index is 12.2. The van der Waals surface area contributed by atoms with Gasteiger partial charge in [0.1, 0.15) is 7.85 Å². The van der Waals surface area contributed by atoms with Crippen LogP contribution in [0.2, 0.25) is 0 Å². The summed E-state index contributed by atoms with van der Waals surface area (Å²) in [6.07, 6.45) is 3.75. The number of piperidine rings is 1. The molecule has 0 spiro atoms. The van der Waals surface area contributed by atoms with Crippen molar-refractivity contribution >= 4 is 25.2 Å². The predicted molar refractivity (Wildman–Crippen MR) is 85.8 cm³/mol. The Morgan fingerprint density at radius 2 is 1.86 bits per heavy atom. The molecule has 0 bridgehead atoms. The summed E-state index contributed by atoms with van der Waals surface area (Å²) in [7, 11) is 7.03. The number of benzene rings is 1. The molecule has 116 valence electrons. The van der Waals surface area contributed by atoms with Gasteiger partial charge in [-0.05, 0) is 32.0 Å². The van der Waals surface area contributed by atoms with E-state index in [9.17, 15) is 9.59 Å². The molecule has 1 fully saturated rings. The Labute approximate surface area is 132 Å². The van der Waals surface area contributed by atoms with Crippen molar-refractivity contribution < 1.29 is 14.3 Å². The van der Waals surface area contributed by atoms with E-state index in [-0.39, 0.29) is 11.5 Å². The van der Waals surface area contributed by atoms with Crippen LogP contribution in [0.4, 0.5) is 0 Å². The smallest absolute Gasteiger partial charge is 0.337 e. The predicted octanol–water partition coefficient (Wildman–Crippen LogP) is 0.483. The number of likely N-dealkylation sites (tertiary alicyclic amines) is 1. The Kier molecular flexibility index (Phi) is 6.01. The molecule has 22 heavy (non-hydrogen) atoms. The lowest BCUT2D eigenvalue weighted by molar-refractivity contribution is 0.0601. The quantitative estimate of drug-likeness (QED) is 0.635. The summed E-state index contributed by atoms with van der Waals surface area (Å²) in [5.74, 6) is -0.732. The van der Waals surface area contributed by atoms with Crippen molar-refractivity contribution in [2.75, 3.05) is 33.3 Å². The Morgan fingerprint density at radius 3 is 2.55 bits per heavy atom. The SMILES string of the molecule is [B]c1cc(C(=O)NCCN2CCCCC2)cc(C(=O)OC)c1. The van der Waals surface area contributed by atoms with Crippen molar-refractivity contribution in [2.24, 2.45) is 0 Å². The average Bonchev–Trinajstić information content (AvgIpc) is 2.54. The molecule has 0 atom stereocenters. The van der Waals surface area contributed by atoms with E-state index in [0.717, 1.165) is 19.6 Å². The van der Waals surface area contributed by atoms with Gasteiger partial charge in [-0.2, -0.15) is 0 Å². The summed E-state index contributed by atoms with van der Waals surface area (Å²) in [4.78, 5) is 26.1. The number of esters is 1. The second-order valence-corrected chi connectivity index (χ2v) is 5.49. The van der Waals surface area contributed by atoms with Gasteiger partial charge in [0, 0.05) is 18.7 Å². The highest BCUT2D eigenvalue weighted by atomic mass is 16.5. The molecule has 2 rings (SSSR count). The lowest BCUT2D eigenvalue weighted by Gasteiger charge is -2.26. The van der Waals surface area contributed by atoms with E-state index in [1.807, 2.05) is 0 Å². The minimum Gasteiger partial charge on any atom is -0.465 e. The van der Waals surface area contributed by atoms with Crippen LogP contribution in [0.25, 0.3) is 0 Å². The molecule has 0 aromatic heterocycles. The molecule has 1 N–H and O–H groups in total. The van der Waals surface area contributed by atoms with Crippen LogP contribution in [0, 0.1) is 0 Å². The zero-order valence-corrected chi connectivity index (χ0v) is 12.9. The van der Waals surface area contributed by atoms with E-state index in [4.69, 9.17) is 7.85 Å². The van der Waals surface area contributed by atoms with Crippen molar-refractivity contribution in [3.8, 4) is 0 Å². The van der Waals surface area contributed by atoms with Crippen LogP contribution in [0.5, 0.6) is 0 Å².